The van der Waals surface area contributed by atoms with Gasteiger partial charge in [-0.05, 0) is 31.1 Å². The lowest BCUT2D eigenvalue weighted by Gasteiger charge is -2.05. The van der Waals surface area contributed by atoms with Gasteiger partial charge in [0.15, 0.2) is 11.6 Å². The summed E-state index contributed by atoms with van der Waals surface area (Å²) in [7, 11) is 0. The van der Waals surface area contributed by atoms with Crippen LogP contribution >= 0.6 is 0 Å². The van der Waals surface area contributed by atoms with E-state index in [1.54, 1.807) is 0 Å². The number of carboxylic acid groups (broad SMARTS) is 1. The van der Waals surface area contributed by atoms with Crippen LogP contribution in [0.3, 0.4) is 0 Å². The van der Waals surface area contributed by atoms with Crippen LogP contribution in [-0.2, 0) is 0 Å². The lowest BCUT2D eigenvalue weighted by molar-refractivity contribution is 0.0643. The molecule has 0 saturated heterocycles. The number of rotatable bonds is 3. The van der Waals surface area contributed by atoms with Crippen LogP contribution in [-0.4, -0.2) is 16.1 Å². The van der Waals surface area contributed by atoms with Crippen LogP contribution < -0.4 is 0 Å². The summed E-state index contributed by atoms with van der Waals surface area (Å²) in [5.74, 6) is -0.683. The maximum absolute atomic E-state index is 12.6. The monoisotopic (exact) mass is 243 g/mol. The summed E-state index contributed by atoms with van der Waals surface area (Å²) in [5.41, 5.74) is -0.743. The highest BCUT2D eigenvalue weighted by Gasteiger charge is 2.48. The fraction of sp³-hybridized carbons (Fsp3) is 0.636. The fourth-order valence-corrected chi connectivity index (χ4v) is 2.74. The Kier molecular flexibility index (Phi) is 2.21. The standard InChI is InChI=1S/C11H11F2NO3/c12-9(13)7-8(11(15)16)17-10(14-7)6-2-4-1-5(4)3-6/h4-6,9H,1-3H2,(H,15,16). The number of hydrogen-bond acceptors (Lipinski definition) is 3. The summed E-state index contributed by atoms with van der Waals surface area (Å²) >= 11 is 0. The molecule has 92 valence electrons. The molecule has 1 N–H and O–H groups in total. The van der Waals surface area contributed by atoms with Crippen molar-refractivity contribution < 1.29 is 23.1 Å². The average molecular weight is 243 g/mol. The normalized spacial score (nSPS) is 30.6. The molecule has 2 aliphatic carbocycles. The SMILES string of the molecule is O=C(O)c1oc(C2CC3CC3C2)nc1C(F)F. The highest BCUT2D eigenvalue weighted by atomic mass is 19.3. The molecule has 6 heteroatoms. The molecular formula is C11H11F2NO3. The molecule has 1 aromatic rings. The quantitative estimate of drug-likeness (QED) is 0.886. The molecule has 0 radical (unpaired) electrons. The first kappa shape index (κ1) is 10.7. The van der Waals surface area contributed by atoms with E-state index in [1.807, 2.05) is 0 Å². The number of aromatic carboxylic acids is 1. The highest BCUT2D eigenvalue weighted by molar-refractivity contribution is 5.85. The Hall–Kier alpha value is -1.46. The van der Waals surface area contributed by atoms with Crippen molar-refractivity contribution in [3.8, 4) is 0 Å². The number of fused-ring (bicyclic) bond motifs is 1. The van der Waals surface area contributed by atoms with E-state index in [9.17, 15) is 13.6 Å². The molecule has 0 amide bonds. The maximum atomic E-state index is 12.6. The Morgan fingerprint density at radius 1 is 1.35 bits per heavy atom. The number of aromatic nitrogens is 1. The molecule has 2 saturated carbocycles. The third-order valence-electron chi connectivity index (χ3n) is 3.66. The molecular weight excluding hydrogens is 232 g/mol. The van der Waals surface area contributed by atoms with E-state index in [4.69, 9.17) is 9.52 Å². The van der Waals surface area contributed by atoms with E-state index in [2.05, 4.69) is 4.98 Å². The van der Waals surface area contributed by atoms with Gasteiger partial charge in [0.25, 0.3) is 6.43 Å². The van der Waals surface area contributed by atoms with Crippen molar-refractivity contribution >= 4 is 5.97 Å². The Balaban J connectivity index is 1.90. The first-order valence-electron chi connectivity index (χ1n) is 5.58. The van der Waals surface area contributed by atoms with Gasteiger partial charge in [-0.15, -0.1) is 0 Å². The van der Waals surface area contributed by atoms with E-state index in [0.29, 0.717) is 11.8 Å². The molecule has 1 heterocycles. The largest absolute Gasteiger partial charge is 0.475 e. The minimum absolute atomic E-state index is 0.0179. The summed E-state index contributed by atoms with van der Waals surface area (Å²) in [5, 5.41) is 8.76. The Morgan fingerprint density at radius 3 is 2.47 bits per heavy atom. The van der Waals surface area contributed by atoms with E-state index in [1.165, 1.54) is 6.42 Å². The van der Waals surface area contributed by atoms with Crippen LogP contribution in [0.15, 0.2) is 4.42 Å². The number of nitrogens with zero attached hydrogens (tertiary/aromatic N) is 1. The van der Waals surface area contributed by atoms with Gasteiger partial charge >= 0.3 is 5.97 Å². The van der Waals surface area contributed by atoms with Crippen molar-refractivity contribution in [2.75, 3.05) is 0 Å². The number of alkyl halides is 2. The molecule has 0 aromatic carbocycles. The molecule has 4 nitrogen and oxygen atoms in total. The van der Waals surface area contributed by atoms with Crippen LogP contribution in [0.25, 0.3) is 0 Å². The van der Waals surface area contributed by atoms with Gasteiger partial charge in [0.1, 0.15) is 0 Å². The lowest BCUT2D eigenvalue weighted by atomic mass is 10.0. The highest BCUT2D eigenvalue weighted by Crippen LogP contribution is 2.57. The minimum atomic E-state index is -2.91. The molecule has 2 atom stereocenters. The van der Waals surface area contributed by atoms with Crippen molar-refractivity contribution in [3.63, 3.8) is 0 Å². The molecule has 3 rings (SSSR count). The molecule has 2 unspecified atom stereocenters. The molecule has 17 heavy (non-hydrogen) atoms. The summed E-state index contributed by atoms with van der Waals surface area (Å²) in [6, 6.07) is 0. The smallest absolute Gasteiger partial charge is 0.374 e. The van der Waals surface area contributed by atoms with Crippen molar-refractivity contribution in [1.82, 2.24) is 4.98 Å². The van der Waals surface area contributed by atoms with Gasteiger partial charge in [0, 0.05) is 5.92 Å². The summed E-state index contributed by atoms with van der Waals surface area (Å²) in [4.78, 5) is 14.4. The topological polar surface area (TPSA) is 63.3 Å². The van der Waals surface area contributed by atoms with Gasteiger partial charge in [-0.2, -0.15) is 0 Å². The fourth-order valence-electron chi connectivity index (χ4n) is 2.74. The van der Waals surface area contributed by atoms with Crippen molar-refractivity contribution in [2.24, 2.45) is 11.8 Å². The summed E-state index contributed by atoms with van der Waals surface area (Å²) in [6.07, 6.45) is 0.0550. The predicted octanol–water partition coefficient (Wildman–Crippen LogP) is 2.82. The first-order chi connectivity index (χ1) is 8.06. The zero-order valence-corrected chi connectivity index (χ0v) is 8.90. The average Bonchev–Trinajstić information content (AvgIpc) is 2.76. The lowest BCUT2D eigenvalue weighted by Crippen LogP contribution is -1.99. The Bertz CT molecular complexity index is 461. The number of hydrogen-bond donors (Lipinski definition) is 1. The van der Waals surface area contributed by atoms with Crippen LogP contribution in [0, 0.1) is 11.8 Å². The van der Waals surface area contributed by atoms with E-state index >= 15 is 0 Å². The van der Waals surface area contributed by atoms with Gasteiger partial charge in [-0.3, -0.25) is 0 Å². The van der Waals surface area contributed by atoms with Gasteiger partial charge in [0.05, 0.1) is 0 Å². The molecule has 2 fully saturated rings. The zero-order chi connectivity index (χ0) is 12.2. The number of halogens is 2. The predicted molar refractivity (Wildman–Crippen MR) is 52.0 cm³/mol. The van der Waals surface area contributed by atoms with Crippen LogP contribution in [0.4, 0.5) is 8.78 Å². The van der Waals surface area contributed by atoms with E-state index < -0.39 is 23.8 Å². The Morgan fingerprint density at radius 2 is 2.00 bits per heavy atom. The molecule has 1 aromatic heterocycles. The van der Waals surface area contributed by atoms with E-state index in [0.717, 1.165) is 12.8 Å². The van der Waals surface area contributed by atoms with Crippen molar-refractivity contribution in [2.45, 2.75) is 31.6 Å². The van der Waals surface area contributed by atoms with Crippen LogP contribution in [0.1, 0.15) is 53.7 Å². The molecule has 2 aliphatic rings. The third-order valence-corrected chi connectivity index (χ3v) is 3.66. The van der Waals surface area contributed by atoms with Gasteiger partial charge in [0.2, 0.25) is 5.76 Å². The van der Waals surface area contributed by atoms with Gasteiger partial charge < -0.3 is 9.52 Å². The van der Waals surface area contributed by atoms with Crippen LogP contribution in [0.5, 0.6) is 0 Å². The molecule has 0 bridgehead atoms. The van der Waals surface area contributed by atoms with Crippen LogP contribution in [0.2, 0.25) is 0 Å². The summed E-state index contributed by atoms with van der Waals surface area (Å²) in [6.45, 7) is 0. The zero-order valence-electron chi connectivity index (χ0n) is 8.90. The van der Waals surface area contributed by atoms with Crippen molar-refractivity contribution in [1.29, 1.82) is 0 Å². The second-order valence-corrected chi connectivity index (χ2v) is 4.80. The first-order valence-corrected chi connectivity index (χ1v) is 5.58. The second-order valence-electron chi connectivity index (χ2n) is 4.80. The second kappa shape index (κ2) is 3.51. The molecule has 0 aliphatic heterocycles. The summed E-state index contributed by atoms with van der Waals surface area (Å²) < 4.78 is 30.2. The number of carbonyl (C=O) groups is 1. The minimum Gasteiger partial charge on any atom is -0.475 e. The van der Waals surface area contributed by atoms with Gasteiger partial charge in [-0.1, -0.05) is 0 Å². The van der Waals surface area contributed by atoms with Gasteiger partial charge in [-0.25, -0.2) is 18.6 Å². The molecule has 0 spiro atoms. The third kappa shape index (κ3) is 1.71. The van der Waals surface area contributed by atoms with E-state index in [-0.39, 0.29) is 11.8 Å². The number of oxazole rings is 1. The maximum Gasteiger partial charge on any atom is 0.374 e. The van der Waals surface area contributed by atoms with Crippen molar-refractivity contribution in [3.05, 3.63) is 17.3 Å². The Labute approximate surface area is 95.6 Å². The number of carboxylic acids is 1.